The second kappa shape index (κ2) is 7.49. The quantitative estimate of drug-likeness (QED) is 0.679. The molecule has 114 valence electrons. The van der Waals surface area contributed by atoms with Crippen LogP contribution in [0.2, 0.25) is 5.02 Å². The molecule has 0 heterocycles. The highest BCUT2D eigenvalue weighted by Gasteiger charge is 2.25. The van der Waals surface area contributed by atoms with E-state index in [9.17, 15) is 14.4 Å². The van der Waals surface area contributed by atoms with E-state index in [-0.39, 0.29) is 0 Å². The Morgan fingerprint density at radius 2 is 2.10 bits per heavy atom. The highest BCUT2D eigenvalue weighted by molar-refractivity contribution is 6.30. The van der Waals surface area contributed by atoms with Crippen molar-refractivity contribution >= 4 is 29.4 Å². The molecule has 0 aliphatic carbocycles. The normalized spacial score (nSPS) is 13.0. The van der Waals surface area contributed by atoms with Gasteiger partial charge in [-0.1, -0.05) is 17.7 Å². The van der Waals surface area contributed by atoms with Gasteiger partial charge in [-0.05, 0) is 25.1 Å². The molecule has 4 N–H and O–H groups in total. The topological polar surface area (TPSA) is 119 Å². The number of halogens is 1. The van der Waals surface area contributed by atoms with Crippen LogP contribution in [0.1, 0.15) is 13.3 Å². The Morgan fingerprint density at radius 1 is 1.43 bits per heavy atom. The number of ether oxygens (including phenoxy) is 1. The summed E-state index contributed by atoms with van der Waals surface area (Å²) in [5, 5.41) is 11.5. The number of carboxylic acid groups (broad SMARTS) is 1. The summed E-state index contributed by atoms with van der Waals surface area (Å²) in [6.45, 7) is 1.44. The molecule has 0 spiro atoms. The molecular weight excluding hydrogens is 300 g/mol. The summed E-state index contributed by atoms with van der Waals surface area (Å²) in [6.07, 6.45) is -1.46. The van der Waals surface area contributed by atoms with E-state index in [2.05, 4.69) is 5.32 Å². The Morgan fingerprint density at radius 3 is 2.62 bits per heavy atom. The van der Waals surface area contributed by atoms with Crippen molar-refractivity contribution in [1.29, 1.82) is 0 Å². The van der Waals surface area contributed by atoms with Crippen LogP contribution in [0, 0.1) is 0 Å². The minimum Gasteiger partial charge on any atom is -0.481 e. The first kappa shape index (κ1) is 16.8. The lowest BCUT2D eigenvalue weighted by Crippen LogP contribution is -2.47. The summed E-state index contributed by atoms with van der Waals surface area (Å²) >= 11 is 5.78. The number of amides is 2. The smallest absolute Gasteiger partial charge is 0.326 e. The van der Waals surface area contributed by atoms with Crippen molar-refractivity contribution in [2.24, 2.45) is 5.73 Å². The van der Waals surface area contributed by atoms with Crippen LogP contribution in [0.5, 0.6) is 5.75 Å². The Kier molecular flexibility index (Phi) is 5.98. The second-order valence-corrected chi connectivity index (χ2v) is 4.72. The summed E-state index contributed by atoms with van der Waals surface area (Å²) < 4.78 is 5.34. The van der Waals surface area contributed by atoms with Crippen LogP contribution in [0.15, 0.2) is 24.3 Å². The van der Waals surface area contributed by atoms with E-state index in [4.69, 9.17) is 27.2 Å². The van der Waals surface area contributed by atoms with E-state index < -0.39 is 36.4 Å². The van der Waals surface area contributed by atoms with E-state index in [1.807, 2.05) is 0 Å². The van der Waals surface area contributed by atoms with Crippen molar-refractivity contribution < 1.29 is 24.2 Å². The van der Waals surface area contributed by atoms with Gasteiger partial charge in [0.2, 0.25) is 5.91 Å². The molecule has 21 heavy (non-hydrogen) atoms. The molecule has 1 aromatic carbocycles. The van der Waals surface area contributed by atoms with Gasteiger partial charge in [-0.25, -0.2) is 4.79 Å². The third-order valence-corrected chi connectivity index (χ3v) is 2.73. The van der Waals surface area contributed by atoms with Crippen LogP contribution >= 0.6 is 11.6 Å². The number of benzene rings is 1. The van der Waals surface area contributed by atoms with Crippen LogP contribution in [-0.2, 0) is 14.4 Å². The van der Waals surface area contributed by atoms with Gasteiger partial charge in [0, 0.05) is 5.02 Å². The summed E-state index contributed by atoms with van der Waals surface area (Å²) in [5.41, 5.74) is 4.92. The molecule has 0 bridgehead atoms. The Hall–Kier alpha value is -2.28. The number of hydrogen-bond donors (Lipinski definition) is 3. The van der Waals surface area contributed by atoms with E-state index in [0.717, 1.165) is 0 Å². The average molecular weight is 315 g/mol. The van der Waals surface area contributed by atoms with Gasteiger partial charge in [0.05, 0.1) is 6.42 Å². The van der Waals surface area contributed by atoms with Gasteiger partial charge in [-0.15, -0.1) is 0 Å². The summed E-state index contributed by atoms with van der Waals surface area (Å²) in [5.74, 6) is -2.49. The largest absolute Gasteiger partial charge is 0.481 e. The molecule has 7 nitrogen and oxygen atoms in total. The summed E-state index contributed by atoms with van der Waals surface area (Å²) in [7, 11) is 0. The molecule has 1 rings (SSSR count). The fraction of sp³-hybridized carbons (Fsp3) is 0.308. The first-order valence-corrected chi connectivity index (χ1v) is 6.41. The lowest BCUT2D eigenvalue weighted by Gasteiger charge is -2.18. The van der Waals surface area contributed by atoms with Crippen molar-refractivity contribution in [3.8, 4) is 5.75 Å². The predicted octanol–water partition coefficient (Wildman–Crippen LogP) is 0.552. The molecule has 0 saturated carbocycles. The van der Waals surface area contributed by atoms with Crippen LogP contribution in [0.4, 0.5) is 0 Å². The van der Waals surface area contributed by atoms with Gasteiger partial charge < -0.3 is 20.9 Å². The maximum atomic E-state index is 11.8. The van der Waals surface area contributed by atoms with Gasteiger partial charge in [0.25, 0.3) is 5.91 Å². The molecule has 0 saturated heterocycles. The van der Waals surface area contributed by atoms with Gasteiger partial charge in [0.15, 0.2) is 6.10 Å². The van der Waals surface area contributed by atoms with Gasteiger partial charge in [0.1, 0.15) is 11.8 Å². The lowest BCUT2D eigenvalue weighted by molar-refractivity contribution is -0.144. The maximum absolute atomic E-state index is 11.8. The number of carboxylic acids is 1. The van der Waals surface area contributed by atoms with Crippen molar-refractivity contribution in [2.75, 3.05) is 0 Å². The molecule has 1 unspecified atom stereocenters. The maximum Gasteiger partial charge on any atom is 0.326 e. The van der Waals surface area contributed by atoms with Crippen LogP contribution in [0.3, 0.4) is 0 Å². The summed E-state index contributed by atoms with van der Waals surface area (Å²) in [4.78, 5) is 33.5. The molecule has 1 aromatic rings. The Balaban J connectivity index is 2.64. The fourth-order valence-electron chi connectivity index (χ4n) is 1.49. The Labute approximate surface area is 126 Å². The molecule has 0 fully saturated rings. The molecule has 0 aliphatic rings. The van der Waals surface area contributed by atoms with Crippen molar-refractivity contribution in [3.63, 3.8) is 0 Å². The van der Waals surface area contributed by atoms with Crippen molar-refractivity contribution in [1.82, 2.24) is 5.32 Å². The number of primary amides is 1. The fourth-order valence-corrected chi connectivity index (χ4v) is 1.67. The standard InChI is InChI=1S/C13H15ClN2O5/c1-7(21-9-4-2-3-8(14)5-9)12(18)16-10(13(19)20)6-11(15)17/h2-5,7,10H,6H2,1H3,(H2,15,17)(H,16,18)(H,19,20)/t7?,10-/m1/s1. The Bertz CT molecular complexity index is 549. The van der Waals surface area contributed by atoms with E-state index in [1.54, 1.807) is 18.2 Å². The second-order valence-electron chi connectivity index (χ2n) is 4.29. The summed E-state index contributed by atoms with van der Waals surface area (Å²) in [6, 6.07) is 5.03. The number of nitrogens with two attached hydrogens (primary N) is 1. The number of rotatable bonds is 7. The predicted molar refractivity (Wildman–Crippen MR) is 74.9 cm³/mol. The van der Waals surface area contributed by atoms with E-state index >= 15 is 0 Å². The van der Waals surface area contributed by atoms with Crippen molar-refractivity contribution in [3.05, 3.63) is 29.3 Å². The van der Waals surface area contributed by atoms with Gasteiger partial charge >= 0.3 is 5.97 Å². The minimum absolute atomic E-state index is 0.368. The molecule has 0 aliphatic heterocycles. The van der Waals surface area contributed by atoms with Crippen molar-refractivity contribution in [2.45, 2.75) is 25.5 Å². The number of carbonyl (C=O) groups excluding carboxylic acids is 2. The minimum atomic E-state index is -1.39. The lowest BCUT2D eigenvalue weighted by atomic mass is 10.2. The zero-order chi connectivity index (χ0) is 16.0. The zero-order valence-electron chi connectivity index (χ0n) is 11.2. The SMILES string of the molecule is CC(Oc1cccc(Cl)c1)C(=O)N[C@H](CC(N)=O)C(=O)O. The highest BCUT2D eigenvalue weighted by atomic mass is 35.5. The van der Waals surface area contributed by atoms with Gasteiger partial charge in [-0.2, -0.15) is 0 Å². The van der Waals surface area contributed by atoms with Crippen LogP contribution in [-0.4, -0.2) is 35.0 Å². The monoisotopic (exact) mass is 314 g/mol. The van der Waals surface area contributed by atoms with Crippen LogP contribution < -0.4 is 15.8 Å². The molecule has 8 heteroatoms. The molecular formula is C13H15ClN2O5. The molecule has 2 atom stereocenters. The van der Waals surface area contributed by atoms with Gasteiger partial charge in [-0.3, -0.25) is 9.59 Å². The first-order chi connectivity index (χ1) is 9.79. The molecule has 0 aromatic heterocycles. The zero-order valence-corrected chi connectivity index (χ0v) is 12.0. The first-order valence-electron chi connectivity index (χ1n) is 6.03. The number of hydrogen-bond acceptors (Lipinski definition) is 4. The molecule has 0 radical (unpaired) electrons. The van der Waals surface area contributed by atoms with E-state index in [1.165, 1.54) is 13.0 Å². The average Bonchev–Trinajstić information content (AvgIpc) is 2.37. The van der Waals surface area contributed by atoms with E-state index in [0.29, 0.717) is 10.8 Å². The number of carbonyl (C=O) groups is 3. The number of nitrogens with one attached hydrogen (secondary N) is 1. The number of aliphatic carboxylic acids is 1. The third-order valence-electron chi connectivity index (χ3n) is 2.50. The van der Waals surface area contributed by atoms with Crippen LogP contribution in [0.25, 0.3) is 0 Å². The highest BCUT2D eigenvalue weighted by Crippen LogP contribution is 2.18. The third kappa shape index (κ3) is 5.70. The molecule has 2 amide bonds.